The van der Waals surface area contributed by atoms with Crippen molar-refractivity contribution in [2.45, 2.75) is 23.2 Å². The van der Waals surface area contributed by atoms with Crippen molar-refractivity contribution < 1.29 is 28.2 Å². The summed E-state index contributed by atoms with van der Waals surface area (Å²) in [7, 11) is 5.45. The molecule has 194 valence electrons. The number of ether oxygens (including phenoxy) is 3. The van der Waals surface area contributed by atoms with Crippen molar-refractivity contribution in [1.29, 1.82) is 0 Å². The van der Waals surface area contributed by atoms with E-state index in [1.54, 1.807) is 30.2 Å². The van der Waals surface area contributed by atoms with Gasteiger partial charge in [-0.15, -0.1) is 11.8 Å². The predicted octanol–water partition coefficient (Wildman–Crippen LogP) is 5.30. The maximum absolute atomic E-state index is 13.9. The van der Waals surface area contributed by atoms with Crippen molar-refractivity contribution in [2.75, 3.05) is 39.2 Å². The van der Waals surface area contributed by atoms with Gasteiger partial charge in [0.2, 0.25) is 0 Å². The van der Waals surface area contributed by atoms with E-state index in [0.29, 0.717) is 36.0 Å². The Bertz CT molecular complexity index is 1250. The summed E-state index contributed by atoms with van der Waals surface area (Å²) in [5, 5.41) is -0.508. The number of hydrogen-bond acceptors (Lipinski definition) is 7. The molecule has 1 aliphatic heterocycles. The topological polar surface area (TPSA) is 68.3 Å². The lowest BCUT2D eigenvalue weighted by Gasteiger charge is -2.28. The second kappa shape index (κ2) is 11.7. The number of carbonyl (C=O) groups excluding carboxylic acids is 2. The molecular weight excluding hydrogens is 495 g/mol. The van der Waals surface area contributed by atoms with Crippen molar-refractivity contribution in [1.82, 2.24) is 4.90 Å². The summed E-state index contributed by atoms with van der Waals surface area (Å²) in [6.07, 6.45) is -1.04. The van der Waals surface area contributed by atoms with E-state index in [-0.39, 0.29) is 11.7 Å². The molecule has 1 amide bonds. The number of methoxy groups -OCH3 is 1. The van der Waals surface area contributed by atoms with Crippen molar-refractivity contribution in [3.63, 3.8) is 0 Å². The Hall–Kier alpha value is -3.56. The van der Waals surface area contributed by atoms with Crippen LogP contribution in [0.25, 0.3) is 0 Å². The lowest BCUT2D eigenvalue weighted by molar-refractivity contribution is -0.152. The normalized spacial score (nSPS) is 17.2. The Kier molecular flexibility index (Phi) is 8.35. The molecule has 0 bridgehead atoms. The highest BCUT2D eigenvalue weighted by Gasteiger charge is 2.41. The number of anilines is 1. The Morgan fingerprint density at radius 1 is 1.00 bits per heavy atom. The molecule has 0 aromatic heterocycles. The first-order valence-corrected chi connectivity index (χ1v) is 12.6. The number of thioether (sulfide) groups is 1. The SMILES string of the molecule is COc1ccc([C@@H]2Sc3cc(Oc4ccc(F)cc4)ccc3N(CCN(C)C)C(=O)[C@@H]2OC(C)=O)cc1. The molecule has 37 heavy (non-hydrogen) atoms. The van der Waals surface area contributed by atoms with Crippen molar-refractivity contribution in [3.05, 3.63) is 78.1 Å². The van der Waals surface area contributed by atoms with Crippen LogP contribution in [0, 0.1) is 5.82 Å². The molecule has 2 atom stereocenters. The third-order valence-corrected chi connectivity index (χ3v) is 7.17. The molecule has 4 rings (SSSR count). The van der Waals surface area contributed by atoms with Crippen LogP contribution < -0.4 is 14.4 Å². The van der Waals surface area contributed by atoms with Gasteiger partial charge in [-0.25, -0.2) is 4.39 Å². The minimum absolute atomic E-state index is 0.295. The number of carbonyl (C=O) groups is 2. The van der Waals surface area contributed by atoms with Gasteiger partial charge in [-0.2, -0.15) is 0 Å². The van der Waals surface area contributed by atoms with Crippen LogP contribution in [-0.4, -0.2) is 57.2 Å². The second-order valence-electron chi connectivity index (χ2n) is 8.82. The number of esters is 1. The van der Waals surface area contributed by atoms with Gasteiger partial charge in [-0.1, -0.05) is 12.1 Å². The number of nitrogens with zero attached hydrogens (tertiary/aromatic N) is 2. The number of halogens is 1. The quantitative estimate of drug-likeness (QED) is 0.371. The van der Waals surface area contributed by atoms with Gasteiger partial charge in [-0.3, -0.25) is 9.59 Å². The number of amides is 1. The molecule has 0 radical (unpaired) electrons. The van der Waals surface area contributed by atoms with E-state index in [2.05, 4.69) is 0 Å². The van der Waals surface area contributed by atoms with Gasteiger partial charge in [-0.05, 0) is 74.3 Å². The average Bonchev–Trinajstić information content (AvgIpc) is 2.98. The van der Waals surface area contributed by atoms with Crippen LogP contribution in [0.3, 0.4) is 0 Å². The van der Waals surface area contributed by atoms with E-state index >= 15 is 0 Å². The van der Waals surface area contributed by atoms with Crippen LogP contribution in [0.5, 0.6) is 17.2 Å². The molecule has 9 heteroatoms. The van der Waals surface area contributed by atoms with Gasteiger partial charge in [0, 0.05) is 24.9 Å². The fraction of sp³-hybridized carbons (Fsp3) is 0.286. The number of likely N-dealkylation sites (N-methyl/N-ethyl adjacent to an activating group) is 1. The number of rotatable bonds is 8. The third-order valence-electron chi connectivity index (χ3n) is 5.82. The highest BCUT2D eigenvalue weighted by atomic mass is 32.2. The third kappa shape index (κ3) is 6.42. The Balaban J connectivity index is 1.78. The Morgan fingerprint density at radius 2 is 1.65 bits per heavy atom. The lowest BCUT2D eigenvalue weighted by atomic mass is 10.1. The maximum Gasteiger partial charge on any atom is 0.303 e. The van der Waals surface area contributed by atoms with E-state index in [4.69, 9.17) is 14.2 Å². The standard InChI is InChI=1S/C28H29FN2O5S/c1-18(32)35-26-27(19-5-9-21(34-4)10-6-19)37-25-17-23(36-22-11-7-20(29)8-12-22)13-14-24(25)31(28(26)33)16-15-30(2)3/h5-14,17,26-27H,15-16H2,1-4H3/t26-,27+/m1/s1. The molecule has 0 saturated heterocycles. The summed E-state index contributed by atoms with van der Waals surface area (Å²) in [4.78, 5) is 30.4. The summed E-state index contributed by atoms with van der Waals surface area (Å²) in [6.45, 7) is 2.33. The molecule has 0 spiro atoms. The minimum atomic E-state index is -1.04. The Morgan fingerprint density at radius 3 is 2.27 bits per heavy atom. The highest BCUT2D eigenvalue weighted by molar-refractivity contribution is 7.99. The number of benzene rings is 3. The van der Waals surface area contributed by atoms with Gasteiger partial charge in [0.05, 0.1) is 18.0 Å². The van der Waals surface area contributed by atoms with Crippen LogP contribution in [0.1, 0.15) is 17.7 Å². The fourth-order valence-corrected chi connectivity index (χ4v) is 5.32. The van der Waals surface area contributed by atoms with Gasteiger partial charge < -0.3 is 24.0 Å². The van der Waals surface area contributed by atoms with E-state index in [0.717, 1.165) is 10.5 Å². The first-order chi connectivity index (χ1) is 17.7. The molecule has 1 aliphatic rings. The van der Waals surface area contributed by atoms with Gasteiger partial charge in [0.25, 0.3) is 5.91 Å². The molecule has 3 aromatic carbocycles. The lowest BCUT2D eigenvalue weighted by Crippen LogP contribution is -2.45. The van der Waals surface area contributed by atoms with Gasteiger partial charge in [0.15, 0.2) is 6.10 Å². The van der Waals surface area contributed by atoms with Crippen LogP contribution >= 0.6 is 11.8 Å². The zero-order chi connectivity index (χ0) is 26.5. The molecule has 3 aromatic rings. The van der Waals surface area contributed by atoms with E-state index in [9.17, 15) is 14.0 Å². The summed E-state index contributed by atoms with van der Waals surface area (Å²) >= 11 is 1.43. The highest BCUT2D eigenvalue weighted by Crippen LogP contribution is 2.48. The molecule has 0 saturated carbocycles. The van der Waals surface area contributed by atoms with E-state index in [1.165, 1.54) is 30.8 Å². The molecule has 1 heterocycles. The van der Waals surface area contributed by atoms with Crippen LogP contribution in [0.2, 0.25) is 0 Å². The monoisotopic (exact) mass is 524 g/mol. The zero-order valence-electron chi connectivity index (χ0n) is 21.1. The predicted molar refractivity (Wildman–Crippen MR) is 141 cm³/mol. The second-order valence-corrected chi connectivity index (χ2v) is 10.0. The molecule has 0 aliphatic carbocycles. The molecule has 7 nitrogen and oxygen atoms in total. The number of hydrogen-bond donors (Lipinski definition) is 0. The van der Waals surface area contributed by atoms with Crippen molar-refractivity contribution >= 4 is 29.3 Å². The van der Waals surface area contributed by atoms with Crippen molar-refractivity contribution in [3.8, 4) is 17.2 Å². The maximum atomic E-state index is 13.9. The first-order valence-electron chi connectivity index (χ1n) is 11.8. The smallest absolute Gasteiger partial charge is 0.303 e. The fourth-order valence-electron chi connectivity index (χ4n) is 3.97. The minimum Gasteiger partial charge on any atom is -0.497 e. The average molecular weight is 525 g/mol. The number of fused-ring (bicyclic) bond motifs is 1. The molecule has 0 N–H and O–H groups in total. The summed E-state index contributed by atoms with van der Waals surface area (Å²) < 4.78 is 30.2. The summed E-state index contributed by atoms with van der Waals surface area (Å²) in [6, 6.07) is 18.6. The Labute approximate surface area is 220 Å². The first kappa shape index (κ1) is 26.5. The summed E-state index contributed by atoms with van der Waals surface area (Å²) in [5.41, 5.74) is 1.52. The van der Waals surface area contributed by atoms with Crippen LogP contribution in [-0.2, 0) is 14.3 Å². The zero-order valence-corrected chi connectivity index (χ0v) is 22.0. The van der Waals surface area contributed by atoms with Gasteiger partial charge >= 0.3 is 5.97 Å². The van der Waals surface area contributed by atoms with Crippen molar-refractivity contribution in [2.24, 2.45) is 0 Å². The summed E-state index contributed by atoms with van der Waals surface area (Å²) in [5.74, 6) is 0.536. The van der Waals surface area contributed by atoms with Crippen LogP contribution in [0.15, 0.2) is 71.6 Å². The van der Waals surface area contributed by atoms with E-state index in [1.807, 2.05) is 55.4 Å². The largest absolute Gasteiger partial charge is 0.497 e. The van der Waals surface area contributed by atoms with Crippen LogP contribution in [0.4, 0.5) is 10.1 Å². The molecular formula is C28H29FN2O5S. The molecule has 0 fully saturated rings. The molecule has 0 unspecified atom stereocenters. The van der Waals surface area contributed by atoms with Gasteiger partial charge in [0.1, 0.15) is 23.1 Å². The van der Waals surface area contributed by atoms with E-state index < -0.39 is 17.3 Å².